The van der Waals surface area contributed by atoms with Crippen molar-refractivity contribution in [3.8, 4) is 0 Å². The molecule has 0 radical (unpaired) electrons. The van der Waals surface area contributed by atoms with Crippen LogP contribution in [-0.4, -0.2) is 5.97 Å². The summed E-state index contributed by atoms with van der Waals surface area (Å²) in [5.41, 5.74) is 0. The fourth-order valence-electron chi connectivity index (χ4n) is 5.29. The maximum absolute atomic E-state index is 11.1. The van der Waals surface area contributed by atoms with Crippen molar-refractivity contribution < 1.29 is 28.8 Å². The van der Waals surface area contributed by atoms with Crippen LogP contribution in [0.3, 0.4) is 0 Å². The van der Waals surface area contributed by atoms with E-state index in [9.17, 15) is 9.90 Å². The third-order valence-electron chi connectivity index (χ3n) is 5.57. The summed E-state index contributed by atoms with van der Waals surface area (Å²) in [6.07, 6.45) is 8.12. The molecule has 0 heterocycles. The molecule has 4 rings (SSSR count). The van der Waals surface area contributed by atoms with E-state index in [1.807, 2.05) is 0 Å². The number of carboxylic acid groups (broad SMARTS) is 1. The van der Waals surface area contributed by atoms with Crippen LogP contribution in [0.1, 0.15) is 19.3 Å². The van der Waals surface area contributed by atoms with E-state index in [1.165, 1.54) is 12.8 Å². The molecule has 0 N–H and O–H groups in total. The summed E-state index contributed by atoms with van der Waals surface area (Å²) in [6, 6.07) is 0. The van der Waals surface area contributed by atoms with Crippen molar-refractivity contribution in [2.24, 2.45) is 41.4 Å². The van der Waals surface area contributed by atoms with Gasteiger partial charge in [0.2, 0.25) is 0 Å². The van der Waals surface area contributed by atoms with Crippen LogP contribution in [-0.2, 0) is 4.79 Å². The molecule has 0 aliphatic heterocycles. The van der Waals surface area contributed by atoms with Gasteiger partial charge in [0, 0.05) is 11.9 Å². The minimum atomic E-state index is -0.785. The Bertz CT molecular complexity index is 365. The van der Waals surface area contributed by atoms with Crippen molar-refractivity contribution >= 4 is 5.97 Å². The third kappa shape index (κ3) is 1.13. The molecule has 0 aromatic carbocycles. The molecule has 4 aliphatic rings. The predicted octanol–water partition coefficient (Wildman–Crippen LogP) is -2.17. The zero-order valence-electron chi connectivity index (χ0n) is 9.63. The van der Waals surface area contributed by atoms with Crippen molar-refractivity contribution in [2.45, 2.75) is 19.3 Å². The van der Waals surface area contributed by atoms with Crippen LogP contribution in [0.2, 0.25) is 0 Å². The minimum absolute atomic E-state index is 0. The number of aliphatic carboxylic acids is 1. The maximum atomic E-state index is 11.1. The Hall–Kier alpha value is -0.193. The summed E-state index contributed by atoms with van der Waals surface area (Å²) in [6.45, 7) is 0. The van der Waals surface area contributed by atoms with Crippen molar-refractivity contribution in [1.82, 2.24) is 0 Å². The van der Waals surface area contributed by atoms with Gasteiger partial charge in [0.15, 0.2) is 0 Å². The van der Waals surface area contributed by atoms with Crippen LogP contribution in [0.5, 0.6) is 0 Å². The van der Waals surface area contributed by atoms with Crippen LogP contribution >= 0.6 is 0 Å². The molecule has 2 nitrogen and oxygen atoms in total. The Morgan fingerprint density at radius 1 is 1.06 bits per heavy atom. The first-order valence-corrected chi connectivity index (χ1v) is 6.15. The molecule has 7 atom stereocenters. The molecule has 3 fully saturated rings. The molecule has 0 saturated heterocycles. The average Bonchev–Trinajstić information content (AvgIpc) is 2.95. The van der Waals surface area contributed by atoms with Crippen molar-refractivity contribution in [2.75, 3.05) is 0 Å². The van der Waals surface area contributed by atoms with Crippen LogP contribution in [0.4, 0.5) is 0 Å². The standard InChI is InChI=1S/C13H16O2.Li/c14-13(15)10-5-8-4-9(10)12-7-2-1-6(3-7)11(8)12;/h1-2,6-12H,3-5H2,(H,14,15);/q;+1/p-1. The van der Waals surface area contributed by atoms with Crippen molar-refractivity contribution in [3.63, 3.8) is 0 Å². The topological polar surface area (TPSA) is 40.1 Å². The molecule has 4 bridgehead atoms. The monoisotopic (exact) mass is 210 g/mol. The molecule has 0 aromatic rings. The largest absolute Gasteiger partial charge is 1.00 e. The predicted molar refractivity (Wildman–Crippen MR) is 52.4 cm³/mol. The number of allylic oxidation sites excluding steroid dienone is 2. The van der Waals surface area contributed by atoms with Gasteiger partial charge in [-0.2, -0.15) is 0 Å². The van der Waals surface area contributed by atoms with Gasteiger partial charge >= 0.3 is 18.9 Å². The summed E-state index contributed by atoms with van der Waals surface area (Å²) < 4.78 is 0. The molecule has 7 unspecified atom stereocenters. The smallest absolute Gasteiger partial charge is 0.550 e. The Kier molecular flexibility index (Phi) is 2.32. The molecule has 4 aliphatic carbocycles. The summed E-state index contributed by atoms with van der Waals surface area (Å²) >= 11 is 0. The Morgan fingerprint density at radius 3 is 2.44 bits per heavy atom. The summed E-state index contributed by atoms with van der Waals surface area (Å²) in [5, 5.41) is 11.1. The number of hydrogen-bond donors (Lipinski definition) is 0. The third-order valence-corrected chi connectivity index (χ3v) is 5.57. The van der Waals surface area contributed by atoms with Gasteiger partial charge in [-0.15, -0.1) is 0 Å². The van der Waals surface area contributed by atoms with Gasteiger partial charge in [0.1, 0.15) is 0 Å². The average molecular weight is 210 g/mol. The molecule has 16 heavy (non-hydrogen) atoms. The first-order chi connectivity index (χ1) is 7.25. The molecular formula is C13H15LiO2. The second-order valence-corrected chi connectivity index (χ2v) is 5.92. The zero-order valence-corrected chi connectivity index (χ0v) is 9.63. The van der Waals surface area contributed by atoms with E-state index in [2.05, 4.69) is 12.2 Å². The van der Waals surface area contributed by atoms with Crippen LogP contribution < -0.4 is 24.0 Å². The Morgan fingerprint density at radius 2 is 1.75 bits per heavy atom. The molecule has 80 valence electrons. The van der Waals surface area contributed by atoms with Gasteiger partial charge in [-0.3, -0.25) is 0 Å². The van der Waals surface area contributed by atoms with Gasteiger partial charge < -0.3 is 9.90 Å². The number of carbonyl (C=O) groups excluding carboxylic acids is 1. The Balaban J connectivity index is 0.000000810. The summed E-state index contributed by atoms with van der Waals surface area (Å²) in [7, 11) is 0. The fourth-order valence-corrected chi connectivity index (χ4v) is 5.29. The van der Waals surface area contributed by atoms with E-state index in [-0.39, 0.29) is 24.8 Å². The van der Waals surface area contributed by atoms with E-state index in [1.54, 1.807) is 0 Å². The number of carbonyl (C=O) groups is 1. The van der Waals surface area contributed by atoms with Gasteiger partial charge in [0.05, 0.1) is 0 Å². The maximum Gasteiger partial charge on any atom is 1.00 e. The molecule has 0 aromatic heterocycles. The van der Waals surface area contributed by atoms with Crippen molar-refractivity contribution in [3.05, 3.63) is 12.2 Å². The van der Waals surface area contributed by atoms with Crippen LogP contribution in [0, 0.1) is 41.4 Å². The van der Waals surface area contributed by atoms with Gasteiger partial charge in [-0.25, -0.2) is 0 Å². The van der Waals surface area contributed by atoms with Gasteiger partial charge in [-0.05, 0) is 54.8 Å². The summed E-state index contributed by atoms with van der Waals surface area (Å²) in [5.74, 6) is 3.27. The first-order valence-electron chi connectivity index (χ1n) is 6.15. The van der Waals surface area contributed by atoms with E-state index in [0.29, 0.717) is 23.7 Å². The normalized spacial score (nSPS) is 55.1. The summed E-state index contributed by atoms with van der Waals surface area (Å²) in [4.78, 5) is 11.1. The number of fused-ring (bicyclic) bond motifs is 9. The fraction of sp³-hybridized carbons (Fsp3) is 0.769. The van der Waals surface area contributed by atoms with E-state index < -0.39 is 5.97 Å². The SMILES string of the molecule is O=C([O-])C1CC2CC1C1C3C=CC(C3)C21.[Li+]. The second-order valence-electron chi connectivity index (χ2n) is 5.92. The quantitative estimate of drug-likeness (QED) is 0.281. The van der Waals surface area contributed by atoms with E-state index in [4.69, 9.17) is 0 Å². The van der Waals surface area contributed by atoms with Crippen LogP contribution in [0.25, 0.3) is 0 Å². The van der Waals surface area contributed by atoms with E-state index >= 15 is 0 Å². The molecule has 0 amide bonds. The van der Waals surface area contributed by atoms with E-state index in [0.717, 1.165) is 18.3 Å². The molecule has 0 spiro atoms. The zero-order chi connectivity index (χ0) is 10.2. The minimum Gasteiger partial charge on any atom is -0.550 e. The first kappa shape index (κ1) is 10.9. The van der Waals surface area contributed by atoms with Crippen molar-refractivity contribution in [1.29, 1.82) is 0 Å². The molecule has 3 heteroatoms. The van der Waals surface area contributed by atoms with Gasteiger partial charge in [0.25, 0.3) is 0 Å². The number of hydrogen-bond acceptors (Lipinski definition) is 2. The molecular weight excluding hydrogens is 195 g/mol. The van der Waals surface area contributed by atoms with Gasteiger partial charge in [-0.1, -0.05) is 12.2 Å². The number of carboxylic acids is 1. The molecule has 3 saturated carbocycles. The second kappa shape index (κ2) is 3.40. The van der Waals surface area contributed by atoms with Crippen LogP contribution in [0.15, 0.2) is 12.2 Å². The number of rotatable bonds is 1. The Labute approximate surface area is 108 Å².